The summed E-state index contributed by atoms with van der Waals surface area (Å²) in [4.78, 5) is 15.5. The third-order valence-corrected chi connectivity index (χ3v) is 4.48. The number of hydrogen-bond donors (Lipinski definition) is 1. The molecule has 0 bridgehead atoms. The molecule has 1 heterocycles. The predicted octanol–water partition coefficient (Wildman–Crippen LogP) is 6.03. The van der Waals surface area contributed by atoms with Gasteiger partial charge in [0.15, 0.2) is 0 Å². The zero-order chi connectivity index (χ0) is 14.9. The molecule has 0 aliphatic carbocycles. The molecule has 0 unspecified atom stereocenters. The average Bonchev–Trinajstić information content (AvgIpc) is 2.80. The van der Waals surface area contributed by atoms with E-state index in [4.69, 9.17) is 58.0 Å². The highest BCUT2D eigenvalue weighted by Gasteiger charge is 2.32. The molecule has 0 atom stereocenters. The summed E-state index contributed by atoms with van der Waals surface area (Å²) in [5.74, 6) is -0.608. The van der Waals surface area contributed by atoms with Crippen LogP contribution < -0.4 is 0 Å². The first-order valence-electron chi connectivity index (χ1n) is 5.21. The molecule has 2 aromatic rings. The van der Waals surface area contributed by atoms with Gasteiger partial charge in [0.2, 0.25) is 5.78 Å². The number of alkyl halides is 3. The lowest BCUT2D eigenvalue weighted by Gasteiger charge is -2.07. The Hall–Kier alpha value is -0.0300. The Morgan fingerprint density at radius 1 is 1.05 bits per heavy atom. The summed E-state index contributed by atoms with van der Waals surface area (Å²) in [6.07, 6.45) is 0. The van der Waals surface area contributed by atoms with Crippen molar-refractivity contribution in [1.82, 2.24) is 4.98 Å². The molecule has 0 spiro atoms. The van der Waals surface area contributed by atoms with E-state index in [9.17, 15) is 4.79 Å². The van der Waals surface area contributed by atoms with Crippen molar-refractivity contribution in [3.8, 4) is 0 Å². The van der Waals surface area contributed by atoms with Crippen LogP contribution in [0, 0.1) is 0 Å². The minimum atomic E-state index is -1.98. The zero-order valence-electron chi connectivity index (χ0n) is 9.59. The topological polar surface area (TPSA) is 32.9 Å². The molecule has 0 aliphatic rings. The second-order valence-corrected chi connectivity index (χ2v) is 7.95. The van der Waals surface area contributed by atoms with Crippen LogP contribution >= 0.6 is 69.8 Å². The fourth-order valence-corrected chi connectivity index (χ4v) is 2.92. The van der Waals surface area contributed by atoms with Gasteiger partial charge in [-0.15, -0.1) is 0 Å². The summed E-state index contributed by atoms with van der Waals surface area (Å²) >= 11 is 29.8. The van der Waals surface area contributed by atoms with Crippen molar-refractivity contribution in [1.29, 1.82) is 0 Å². The molecule has 106 valence electrons. The molecular formula is C12H6Cl5NOS. The number of aromatic amines is 1. The van der Waals surface area contributed by atoms with Crippen LogP contribution in [-0.4, -0.2) is 14.6 Å². The van der Waals surface area contributed by atoms with Crippen LogP contribution in [0.25, 0.3) is 0 Å². The van der Waals surface area contributed by atoms with E-state index in [0.717, 1.165) is 9.92 Å². The first-order valence-corrected chi connectivity index (χ1v) is 7.91. The van der Waals surface area contributed by atoms with Crippen LogP contribution in [0.4, 0.5) is 0 Å². The highest BCUT2D eigenvalue weighted by Crippen LogP contribution is 2.34. The number of rotatable bonds is 3. The average molecular weight is 390 g/mol. The zero-order valence-corrected chi connectivity index (χ0v) is 14.2. The summed E-state index contributed by atoms with van der Waals surface area (Å²) in [6.45, 7) is 0. The van der Waals surface area contributed by atoms with Gasteiger partial charge < -0.3 is 4.98 Å². The van der Waals surface area contributed by atoms with E-state index in [1.807, 2.05) is 6.07 Å². The van der Waals surface area contributed by atoms with E-state index in [0.29, 0.717) is 10.0 Å². The molecule has 2 rings (SSSR count). The number of H-pyrrole nitrogens is 1. The van der Waals surface area contributed by atoms with Crippen LogP contribution in [0.1, 0.15) is 10.5 Å². The van der Waals surface area contributed by atoms with Gasteiger partial charge in [-0.1, -0.05) is 69.8 Å². The van der Waals surface area contributed by atoms with Crippen LogP contribution in [-0.2, 0) is 0 Å². The van der Waals surface area contributed by atoms with Crippen LogP contribution in [0.2, 0.25) is 10.0 Å². The van der Waals surface area contributed by atoms with Crippen molar-refractivity contribution in [2.75, 3.05) is 0 Å². The van der Waals surface area contributed by atoms with Crippen LogP contribution in [0.5, 0.6) is 0 Å². The number of nitrogens with one attached hydrogen (secondary N) is 1. The van der Waals surface area contributed by atoms with Gasteiger partial charge in [-0.25, -0.2) is 0 Å². The second-order valence-electron chi connectivity index (χ2n) is 3.74. The number of carbonyl (C=O) groups is 1. The third kappa shape index (κ3) is 4.00. The standard InChI is InChI=1S/C12H6Cl5NOS/c13-7-2-1-6(5-8(7)14)20-10-4-3-9(18-10)11(19)12(15,16)17/h1-5,18H. The lowest BCUT2D eigenvalue weighted by Crippen LogP contribution is -2.19. The molecule has 1 aromatic heterocycles. The van der Waals surface area contributed by atoms with Crippen molar-refractivity contribution in [2.45, 2.75) is 13.7 Å². The van der Waals surface area contributed by atoms with Gasteiger partial charge in [-0.05, 0) is 30.3 Å². The van der Waals surface area contributed by atoms with E-state index in [2.05, 4.69) is 4.98 Å². The Morgan fingerprint density at radius 3 is 2.35 bits per heavy atom. The van der Waals surface area contributed by atoms with Gasteiger partial charge in [-0.3, -0.25) is 4.79 Å². The maximum Gasteiger partial charge on any atom is 0.254 e. The first kappa shape index (κ1) is 16.3. The summed E-state index contributed by atoms with van der Waals surface area (Å²) in [7, 11) is 0. The highest BCUT2D eigenvalue weighted by molar-refractivity contribution is 7.99. The molecule has 0 aliphatic heterocycles. The molecule has 0 fully saturated rings. The van der Waals surface area contributed by atoms with Gasteiger partial charge in [0, 0.05) is 4.90 Å². The summed E-state index contributed by atoms with van der Waals surface area (Å²) in [5.41, 5.74) is 0.229. The molecule has 0 amide bonds. The number of Topliss-reactive ketones (excluding diaryl/α,β-unsaturated/α-hetero) is 1. The summed E-state index contributed by atoms with van der Waals surface area (Å²) in [6, 6.07) is 8.52. The monoisotopic (exact) mass is 387 g/mol. The molecule has 1 N–H and O–H groups in total. The number of halogens is 5. The van der Waals surface area contributed by atoms with Crippen molar-refractivity contribution >= 4 is 75.5 Å². The molecular weight excluding hydrogens is 383 g/mol. The number of carbonyl (C=O) groups excluding carboxylic acids is 1. The maximum absolute atomic E-state index is 11.8. The SMILES string of the molecule is O=C(c1ccc(Sc2ccc(Cl)c(Cl)c2)[nH]1)C(Cl)(Cl)Cl. The van der Waals surface area contributed by atoms with Crippen molar-refractivity contribution in [3.05, 3.63) is 46.1 Å². The summed E-state index contributed by atoms with van der Waals surface area (Å²) < 4.78 is -1.98. The number of benzene rings is 1. The minimum Gasteiger partial charge on any atom is -0.347 e. The van der Waals surface area contributed by atoms with Crippen LogP contribution in [0.15, 0.2) is 40.3 Å². The van der Waals surface area contributed by atoms with E-state index >= 15 is 0 Å². The quantitative estimate of drug-likeness (QED) is 0.514. The van der Waals surface area contributed by atoms with Crippen LogP contribution in [0.3, 0.4) is 0 Å². The van der Waals surface area contributed by atoms with Crippen molar-refractivity contribution in [2.24, 2.45) is 0 Å². The number of hydrogen-bond acceptors (Lipinski definition) is 2. The predicted molar refractivity (Wildman–Crippen MR) is 86.0 cm³/mol. The van der Waals surface area contributed by atoms with E-state index in [-0.39, 0.29) is 5.69 Å². The molecule has 0 saturated carbocycles. The van der Waals surface area contributed by atoms with Crippen molar-refractivity contribution in [3.63, 3.8) is 0 Å². The molecule has 8 heteroatoms. The fraction of sp³-hybridized carbons (Fsp3) is 0.0833. The molecule has 2 nitrogen and oxygen atoms in total. The van der Waals surface area contributed by atoms with Gasteiger partial charge >= 0.3 is 0 Å². The molecule has 0 saturated heterocycles. The Labute approximate surface area is 144 Å². The van der Waals surface area contributed by atoms with Crippen molar-refractivity contribution < 1.29 is 4.79 Å². The Morgan fingerprint density at radius 2 is 1.75 bits per heavy atom. The highest BCUT2D eigenvalue weighted by atomic mass is 35.6. The smallest absolute Gasteiger partial charge is 0.254 e. The normalized spacial score (nSPS) is 11.7. The minimum absolute atomic E-state index is 0.229. The molecule has 0 radical (unpaired) electrons. The first-order chi connectivity index (χ1) is 9.27. The second kappa shape index (κ2) is 6.39. The molecule has 20 heavy (non-hydrogen) atoms. The molecule has 1 aromatic carbocycles. The lowest BCUT2D eigenvalue weighted by atomic mass is 10.3. The van der Waals surface area contributed by atoms with E-state index in [1.165, 1.54) is 11.8 Å². The maximum atomic E-state index is 11.8. The van der Waals surface area contributed by atoms with Gasteiger partial charge in [0.1, 0.15) is 0 Å². The summed E-state index contributed by atoms with van der Waals surface area (Å²) in [5, 5.41) is 1.66. The fourth-order valence-electron chi connectivity index (χ4n) is 1.39. The van der Waals surface area contributed by atoms with E-state index in [1.54, 1.807) is 24.3 Å². The van der Waals surface area contributed by atoms with Gasteiger partial charge in [-0.2, -0.15) is 0 Å². The van der Waals surface area contributed by atoms with E-state index < -0.39 is 9.58 Å². The largest absolute Gasteiger partial charge is 0.347 e. The Kier molecular flexibility index (Phi) is 5.22. The third-order valence-electron chi connectivity index (χ3n) is 2.28. The Bertz CT molecular complexity index is 650. The Balaban J connectivity index is 2.17. The van der Waals surface area contributed by atoms with Gasteiger partial charge in [0.25, 0.3) is 3.79 Å². The van der Waals surface area contributed by atoms with Gasteiger partial charge in [0.05, 0.1) is 20.8 Å². The number of ketones is 1. The lowest BCUT2D eigenvalue weighted by molar-refractivity contribution is 0.0992. The number of aromatic nitrogens is 1.